The van der Waals surface area contributed by atoms with Crippen molar-refractivity contribution in [3.05, 3.63) is 59.4 Å². The number of pyridine rings is 1. The van der Waals surface area contributed by atoms with E-state index < -0.39 is 41.9 Å². The molecule has 3 atom stereocenters. The minimum absolute atomic E-state index is 0.0447. The zero-order valence-corrected chi connectivity index (χ0v) is 16.6. The van der Waals surface area contributed by atoms with Gasteiger partial charge in [-0.2, -0.15) is 26.3 Å². The summed E-state index contributed by atoms with van der Waals surface area (Å²) in [6.07, 6.45) is -7.23. The number of alkyl halides is 6. The van der Waals surface area contributed by atoms with Crippen molar-refractivity contribution in [1.29, 1.82) is 0 Å². The number of halogens is 6. The molecule has 2 aromatic rings. The van der Waals surface area contributed by atoms with Crippen molar-refractivity contribution >= 4 is 5.91 Å². The second-order valence-corrected chi connectivity index (χ2v) is 7.80. The highest BCUT2D eigenvalue weighted by molar-refractivity contribution is 5.84. The first kappa shape index (κ1) is 22.9. The van der Waals surface area contributed by atoms with Gasteiger partial charge < -0.3 is 10.1 Å². The van der Waals surface area contributed by atoms with Crippen molar-refractivity contribution in [3.8, 4) is 5.75 Å². The number of nitrogens with zero attached hydrogens (tertiary/aromatic N) is 1. The number of rotatable bonds is 6. The predicted octanol–water partition coefficient (Wildman–Crippen LogP) is 5.20. The fourth-order valence-electron chi connectivity index (χ4n) is 3.39. The lowest BCUT2D eigenvalue weighted by Crippen LogP contribution is -2.30. The third-order valence-corrected chi connectivity index (χ3v) is 5.39. The first-order valence-electron chi connectivity index (χ1n) is 9.43. The van der Waals surface area contributed by atoms with Crippen LogP contribution in [0.5, 0.6) is 5.75 Å². The number of carbonyl (C=O) groups is 1. The van der Waals surface area contributed by atoms with Crippen LogP contribution >= 0.6 is 0 Å². The van der Waals surface area contributed by atoms with E-state index in [4.69, 9.17) is 0 Å². The average Bonchev–Trinajstić information content (AvgIpc) is 3.39. The number of amides is 1. The lowest BCUT2D eigenvalue weighted by Gasteiger charge is -2.17. The summed E-state index contributed by atoms with van der Waals surface area (Å²) < 4.78 is 79.4. The van der Waals surface area contributed by atoms with Crippen molar-refractivity contribution < 1.29 is 35.9 Å². The summed E-state index contributed by atoms with van der Waals surface area (Å²) in [4.78, 5) is 16.6. The van der Waals surface area contributed by atoms with Crippen LogP contribution in [-0.4, -0.2) is 23.7 Å². The van der Waals surface area contributed by atoms with Gasteiger partial charge in [-0.1, -0.05) is 19.1 Å². The van der Waals surface area contributed by atoms with Gasteiger partial charge >= 0.3 is 12.4 Å². The van der Waals surface area contributed by atoms with Crippen LogP contribution in [0.4, 0.5) is 26.3 Å². The van der Waals surface area contributed by atoms with Crippen molar-refractivity contribution in [2.45, 2.75) is 44.1 Å². The number of carbonyl (C=O) groups excluding carboxylic acids is 1. The van der Waals surface area contributed by atoms with Gasteiger partial charge in [-0.25, -0.2) is 0 Å². The highest BCUT2D eigenvalue weighted by Gasteiger charge is 2.55. The highest BCUT2D eigenvalue weighted by Crippen LogP contribution is 2.54. The molecule has 0 aliphatic heterocycles. The Labute approximate surface area is 174 Å². The number of nitrogens with one attached hydrogen (secondary N) is 1. The normalized spacial score (nSPS) is 22.0. The van der Waals surface area contributed by atoms with Crippen molar-refractivity contribution in [2.75, 3.05) is 6.61 Å². The summed E-state index contributed by atoms with van der Waals surface area (Å²) in [5.74, 6) is -0.716. The van der Waals surface area contributed by atoms with E-state index in [9.17, 15) is 31.1 Å². The fourth-order valence-corrected chi connectivity index (χ4v) is 3.39. The number of hydrogen-bond acceptors (Lipinski definition) is 3. The molecule has 1 aromatic carbocycles. The summed E-state index contributed by atoms with van der Waals surface area (Å²) in [7, 11) is 0. The molecule has 1 unspecified atom stereocenters. The number of ether oxygens (including phenoxy) is 1. The number of aromatic nitrogens is 1. The largest absolute Gasteiger partial charge is 0.483 e. The lowest BCUT2D eigenvalue weighted by molar-refractivity contribution is -0.153. The Morgan fingerprint density at radius 2 is 1.81 bits per heavy atom. The quantitative estimate of drug-likeness (QED) is 0.621. The van der Waals surface area contributed by atoms with E-state index in [0.29, 0.717) is 17.7 Å². The Kier molecular flexibility index (Phi) is 5.94. The zero-order chi connectivity index (χ0) is 23.0. The molecule has 1 heterocycles. The molecule has 4 nitrogen and oxygen atoms in total. The van der Waals surface area contributed by atoms with E-state index in [1.165, 1.54) is 24.3 Å². The molecule has 1 fully saturated rings. The Morgan fingerprint density at radius 3 is 2.32 bits per heavy atom. The molecule has 31 heavy (non-hydrogen) atoms. The summed E-state index contributed by atoms with van der Waals surface area (Å²) in [6.45, 7) is 2.06. The molecule has 1 N–H and O–H groups in total. The minimum atomic E-state index is -4.45. The van der Waals surface area contributed by atoms with E-state index in [2.05, 4.69) is 15.0 Å². The van der Waals surface area contributed by atoms with Crippen LogP contribution in [0.25, 0.3) is 0 Å². The molecule has 1 amide bonds. The van der Waals surface area contributed by atoms with Gasteiger partial charge in [0.25, 0.3) is 0 Å². The van der Waals surface area contributed by atoms with E-state index >= 15 is 0 Å². The maximum atomic E-state index is 12.7. The van der Waals surface area contributed by atoms with Crippen LogP contribution in [0, 0.1) is 5.92 Å². The molecular formula is C21H20F6N2O2. The molecule has 1 aliphatic rings. The monoisotopic (exact) mass is 446 g/mol. The van der Waals surface area contributed by atoms with Crippen LogP contribution in [0.3, 0.4) is 0 Å². The molecule has 0 bridgehead atoms. The third-order valence-electron chi connectivity index (χ3n) is 5.39. The molecule has 168 valence electrons. The van der Waals surface area contributed by atoms with Gasteiger partial charge in [0.1, 0.15) is 5.75 Å². The molecule has 0 spiro atoms. The molecule has 1 saturated carbocycles. The Balaban J connectivity index is 1.58. The van der Waals surface area contributed by atoms with Crippen molar-refractivity contribution in [2.24, 2.45) is 5.92 Å². The third kappa shape index (κ3) is 5.48. The molecule has 1 aromatic heterocycles. The highest BCUT2D eigenvalue weighted by atomic mass is 19.4. The van der Waals surface area contributed by atoms with Crippen molar-refractivity contribution in [1.82, 2.24) is 10.3 Å². The average molecular weight is 446 g/mol. The fraction of sp³-hybridized carbons (Fsp3) is 0.429. The van der Waals surface area contributed by atoms with E-state index in [0.717, 1.165) is 18.3 Å². The van der Waals surface area contributed by atoms with Gasteiger partial charge in [-0.05, 0) is 43.2 Å². The Bertz CT molecular complexity index is 925. The van der Waals surface area contributed by atoms with Crippen LogP contribution in [0.1, 0.15) is 43.1 Å². The molecule has 0 saturated heterocycles. The summed E-state index contributed by atoms with van der Waals surface area (Å²) in [6, 6.07) is 7.06. The summed E-state index contributed by atoms with van der Waals surface area (Å²) in [5.41, 5.74) is -0.220. The summed E-state index contributed by atoms with van der Waals surface area (Å²) in [5, 5.41) is 2.79. The van der Waals surface area contributed by atoms with E-state index in [1.807, 2.05) is 6.92 Å². The lowest BCUT2D eigenvalue weighted by atomic mass is 9.94. The number of benzene rings is 1. The summed E-state index contributed by atoms with van der Waals surface area (Å²) >= 11 is 0. The zero-order valence-electron chi connectivity index (χ0n) is 16.6. The van der Waals surface area contributed by atoms with Gasteiger partial charge in [-0.15, -0.1) is 0 Å². The van der Waals surface area contributed by atoms with E-state index in [1.54, 1.807) is 6.92 Å². The number of hydrogen-bond donors (Lipinski definition) is 1. The van der Waals surface area contributed by atoms with Gasteiger partial charge in [0.05, 0.1) is 23.5 Å². The van der Waals surface area contributed by atoms with Crippen molar-refractivity contribution in [3.63, 3.8) is 0 Å². The molecule has 10 heteroatoms. The van der Waals surface area contributed by atoms with Crippen LogP contribution in [0.15, 0.2) is 42.6 Å². The van der Waals surface area contributed by atoms with Crippen LogP contribution in [0.2, 0.25) is 0 Å². The van der Waals surface area contributed by atoms with Gasteiger partial charge in [0.2, 0.25) is 5.91 Å². The second kappa shape index (κ2) is 8.05. The SMILES string of the molecule is CC(NC(=O)[C@@H]1C[C@@]1(C)c1ccc(C(F)(F)F)cc1)c1ccc(OCC(F)(F)F)cn1. The first-order valence-corrected chi connectivity index (χ1v) is 9.43. The topological polar surface area (TPSA) is 51.2 Å². The molecular weight excluding hydrogens is 426 g/mol. The molecule has 3 rings (SSSR count). The molecule has 1 aliphatic carbocycles. The maximum absolute atomic E-state index is 12.7. The second-order valence-electron chi connectivity index (χ2n) is 7.80. The maximum Gasteiger partial charge on any atom is 0.422 e. The van der Waals surface area contributed by atoms with Gasteiger partial charge in [0.15, 0.2) is 6.61 Å². The first-order chi connectivity index (χ1) is 14.3. The van der Waals surface area contributed by atoms with Crippen LogP contribution < -0.4 is 10.1 Å². The standard InChI is InChI=1S/C21H20F6N2O2/c1-12(17-8-7-15(10-28-17)31-11-20(22,23)24)29-18(30)16-9-19(16,2)13-3-5-14(6-4-13)21(25,26)27/h3-8,10,12,16H,9,11H2,1-2H3,(H,29,30)/t12?,16-,19-/m0/s1. The predicted molar refractivity (Wildman–Crippen MR) is 99.2 cm³/mol. The minimum Gasteiger partial charge on any atom is -0.483 e. The Morgan fingerprint density at radius 1 is 1.16 bits per heavy atom. The van der Waals surface area contributed by atoms with E-state index in [-0.39, 0.29) is 11.7 Å². The Hall–Kier alpha value is -2.78. The molecule has 0 radical (unpaired) electrons. The van der Waals surface area contributed by atoms with Gasteiger partial charge in [0, 0.05) is 11.3 Å². The smallest absolute Gasteiger partial charge is 0.422 e. The van der Waals surface area contributed by atoms with Crippen LogP contribution in [-0.2, 0) is 16.4 Å². The van der Waals surface area contributed by atoms with Gasteiger partial charge in [-0.3, -0.25) is 9.78 Å².